The molecule has 0 bridgehead atoms. The second-order valence-corrected chi connectivity index (χ2v) is 6.40. The summed E-state index contributed by atoms with van der Waals surface area (Å²) in [7, 11) is 0.611. The van der Waals surface area contributed by atoms with E-state index in [4.69, 9.17) is 0 Å². The van der Waals surface area contributed by atoms with Gasteiger partial charge in [-0.05, 0) is 19.8 Å². The van der Waals surface area contributed by atoms with E-state index >= 15 is 0 Å². The monoisotopic (exact) mass is 274 g/mol. The number of hydrogen-bond acceptors (Lipinski definition) is 3. The van der Waals surface area contributed by atoms with Gasteiger partial charge in [0.1, 0.15) is 0 Å². The lowest BCUT2D eigenvalue weighted by atomic mass is 10.1. The minimum Gasteiger partial charge on any atom is -0.341 e. The molecule has 0 aromatic heterocycles. The van der Waals surface area contributed by atoms with Gasteiger partial charge in [0.15, 0.2) is 0 Å². The SMILES string of the molecule is CC=NC(=NC)N(C)C1CCN(S(C)(=O)=O)CC1. The van der Waals surface area contributed by atoms with E-state index in [1.165, 1.54) is 10.6 Å². The van der Waals surface area contributed by atoms with Crippen molar-refractivity contribution in [1.29, 1.82) is 0 Å². The minimum absolute atomic E-state index is 0.297. The molecule has 1 saturated heterocycles. The maximum atomic E-state index is 11.4. The molecule has 1 aliphatic heterocycles. The third kappa shape index (κ3) is 3.78. The summed E-state index contributed by atoms with van der Waals surface area (Å²) in [6.45, 7) is 2.99. The van der Waals surface area contributed by atoms with Crippen LogP contribution >= 0.6 is 0 Å². The highest BCUT2D eigenvalue weighted by molar-refractivity contribution is 7.88. The van der Waals surface area contributed by atoms with E-state index in [-0.39, 0.29) is 0 Å². The van der Waals surface area contributed by atoms with E-state index < -0.39 is 10.0 Å². The molecular weight excluding hydrogens is 252 g/mol. The lowest BCUT2D eigenvalue weighted by Crippen LogP contribution is -2.46. The van der Waals surface area contributed by atoms with Crippen LogP contribution in [0.4, 0.5) is 0 Å². The molecule has 0 radical (unpaired) electrons. The molecule has 0 N–H and O–H groups in total. The number of sulfonamides is 1. The first-order chi connectivity index (χ1) is 8.40. The predicted molar refractivity (Wildman–Crippen MR) is 74.7 cm³/mol. The number of nitrogens with zero attached hydrogens (tertiary/aromatic N) is 4. The fraction of sp³-hybridized carbons (Fsp3) is 0.818. The van der Waals surface area contributed by atoms with Crippen molar-refractivity contribution < 1.29 is 8.42 Å². The van der Waals surface area contributed by atoms with Crippen molar-refractivity contribution in [1.82, 2.24) is 9.21 Å². The molecule has 0 saturated carbocycles. The van der Waals surface area contributed by atoms with Gasteiger partial charge in [0.2, 0.25) is 16.0 Å². The standard InChI is InChI=1S/C11H22N4O2S/c1-5-13-11(12-2)14(3)10-6-8-15(9-7-10)18(4,16)17/h5,10H,6-9H2,1-4H3. The van der Waals surface area contributed by atoms with Crippen LogP contribution in [-0.2, 0) is 10.0 Å². The quantitative estimate of drug-likeness (QED) is 0.541. The first-order valence-corrected chi connectivity index (χ1v) is 7.88. The summed E-state index contributed by atoms with van der Waals surface area (Å²) in [6.07, 6.45) is 4.59. The summed E-state index contributed by atoms with van der Waals surface area (Å²) in [5.41, 5.74) is 0. The van der Waals surface area contributed by atoms with Crippen molar-refractivity contribution in [3.8, 4) is 0 Å². The molecule has 0 aromatic rings. The van der Waals surface area contributed by atoms with Crippen molar-refractivity contribution in [2.24, 2.45) is 9.98 Å². The highest BCUT2D eigenvalue weighted by Crippen LogP contribution is 2.17. The van der Waals surface area contributed by atoms with Gasteiger partial charge in [0.05, 0.1) is 6.26 Å². The van der Waals surface area contributed by atoms with E-state index in [2.05, 4.69) is 9.98 Å². The summed E-state index contributed by atoms with van der Waals surface area (Å²) in [5.74, 6) is 0.690. The van der Waals surface area contributed by atoms with Gasteiger partial charge < -0.3 is 4.90 Å². The topological polar surface area (TPSA) is 65.3 Å². The maximum Gasteiger partial charge on any atom is 0.219 e. The molecule has 6 nitrogen and oxygen atoms in total. The number of rotatable bonds is 2. The van der Waals surface area contributed by atoms with E-state index in [9.17, 15) is 8.42 Å². The van der Waals surface area contributed by atoms with Crippen LogP contribution in [0.3, 0.4) is 0 Å². The fourth-order valence-corrected chi connectivity index (χ4v) is 3.02. The Morgan fingerprint density at radius 1 is 1.39 bits per heavy atom. The highest BCUT2D eigenvalue weighted by Gasteiger charge is 2.27. The van der Waals surface area contributed by atoms with Crippen molar-refractivity contribution in [2.45, 2.75) is 25.8 Å². The Bertz CT molecular complexity index is 422. The van der Waals surface area contributed by atoms with Crippen molar-refractivity contribution in [3.63, 3.8) is 0 Å². The summed E-state index contributed by atoms with van der Waals surface area (Å²) in [4.78, 5) is 10.4. The van der Waals surface area contributed by atoms with E-state index in [0.717, 1.165) is 12.8 Å². The Labute approximate surface area is 109 Å². The van der Waals surface area contributed by atoms with Crippen LogP contribution in [0.2, 0.25) is 0 Å². The number of guanidine groups is 1. The average molecular weight is 274 g/mol. The Balaban J connectivity index is 2.63. The van der Waals surface area contributed by atoms with Gasteiger partial charge in [-0.2, -0.15) is 0 Å². The van der Waals surface area contributed by atoms with Gasteiger partial charge in [0, 0.05) is 39.4 Å². The summed E-state index contributed by atoms with van der Waals surface area (Å²) < 4.78 is 24.4. The first-order valence-electron chi connectivity index (χ1n) is 6.03. The molecule has 1 aliphatic rings. The normalized spacial score (nSPS) is 20.6. The van der Waals surface area contributed by atoms with Crippen molar-refractivity contribution in [2.75, 3.05) is 33.4 Å². The molecule has 7 heteroatoms. The molecule has 0 spiro atoms. The smallest absolute Gasteiger partial charge is 0.219 e. The molecule has 0 aliphatic carbocycles. The van der Waals surface area contributed by atoms with Crippen LogP contribution in [0.5, 0.6) is 0 Å². The van der Waals surface area contributed by atoms with Crippen LogP contribution in [0, 0.1) is 0 Å². The number of hydrogen-bond donors (Lipinski definition) is 0. The van der Waals surface area contributed by atoms with Crippen LogP contribution < -0.4 is 0 Å². The third-order valence-corrected chi connectivity index (χ3v) is 4.50. The zero-order valence-corrected chi connectivity index (χ0v) is 12.3. The van der Waals surface area contributed by atoms with Gasteiger partial charge in [0.25, 0.3) is 0 Å². The molecule has 1 fully saturated rings. The Hall–Kier alpha value is -0.950. The lowest BCUT2D eigenvalue weighted by Gasteiger charge is -2.35. The fourth-order valence-electron chi connectivity index (χ4n) is 2.15. The van der Waals surface area contributed by atoms with Gasteiger partial charge in [-0.3, -0.25) is 4.99 Å². The molecule has 0 aromatic carbocycles. The molecule has 1 heterocycles. The maximum absolute atomic E-state index is 11.4. The minimum atomic E-state index is -3.06. The Morgan fingerprint density at radius 3 is 2.33 bits per heavy atom. The highest BCUT2D eigenvalue weighted by atomic mass is 32.2. The van der Waals surface area contributed by atoms with Crippen molar-refractivity contribution >= 4 is 22.2 Å². The van der Waals surface area contributed by atoms with E-state index in [0.29, 0.717) is 25.1 Å². The number of aliphatic imine (C=N–C) groups is 2. The van der Waals surface area contributed by atoms with Crippen LogP contribution in [0.1, 0.15) is 19.8 Å². The third-order valence-electron chi connectivity index (χ3n) is 3.20. The first kappa shape index (κ1) is 15.1. The van der Waals surface area contributed by atoms with E-state index in [1.54, 1.807) is 13.3 Å². The summed E-state index contributed by atoms with van der Waals surface area (Å²) in [5, 5.41) is 0. The summed E-state index contributed by atoms with van der Waals surface area (Å²) in [6, 6.07) is 0.297. The average Bonchev–Trinajstić information content (AvgIpc) is 2.34. The van der Waals surface area contributed by atoms with Gasteiger partial charge in [-0.15, -0.1) is 0 Å². The molecule has 104 valence electrons. The molecule has 0 unspecified atom stereocenters. The molecule has 0 amide bonds. The second-order valence-electron chi connectivity index (χ2n) is 4.42. The van der Waals surface area contributed by atoms with E-state index in [1.807, 2.05) is 18.9 Å². The van der Waals surface area contributed by atoms with Crippen molar-refractivity contribution in [3.05, 3.63) is 0 Å². The van der Waals surface area contributed by atoms with Gasteiger partial charge in [-0.1, -0.05) is 0 Å². The zero-order valence-electron chi connectivity index (χ0n) is 11.5. The van der Waals surface area contributed by atoms with Crippen LogP contribution in [0.25, 0.3) is 0 Å². The largest absolute Gasteiger partial charge is 0.341 e. The lowest BCUT2D eigenvalue weighted by molar-refractivity contribution is 0.231. The molecular formula is C11H22N4O2S. The summed E-state index contributed by atoms with van der Waals surface area (Å²) >= 11 is 0. The Morgan fingerprint density at radius 2 is 1.94 bits per heavy atom. The van der Waals surface area contributed by atoms with Crippen LogP contribution in [-0.4, -0.2) is 69.3 Å². The van der Waals surface area contributed by atoms with Gasteiger partial charge in [-0.25, -0.2) is 17.7 Å². The molecule has 0 atom stereocenters. The van der Waals surface area contributed by atoms with Crippen LogP contribution in [0.15, 0.2) is 9.98 Å². The second kappa shape index (κ2) is 6.29. The number of piperidine rings is 1. The van der Waals surface area contributed by atoms with Gasteiger partial charge >= 0.3 is 0 Å². The molecule has 1 rings (SSSR count). The Kier molecular flexibility index (Phi) is 5.28. The zero-order chi connectivity index (χ0) is 13.8. The molecule has 18 heavy (non-hydrogen) atoms. The predicted octanol–water partition coefficient (Wildman–Crippen LogP) is 0.419.